The maximum absolute atomic E-state index is 11.1. The minimum absolute atomic E-state index is 0.0235. The van der Waals surface area contributed by atoms with Crippen molar-refractivity contribution in [2.75, 3.05) is 13.1 Å². The van der Waals surface area contributed by atoms with Gasteiger partial charge in [-0.15, -0.1) is 11.6 Å². The van der Waals surface area contributed by atoms with Gasteiger partial charge in [0, 0.05) is 13.1 Å². The first-order valence-electron chi connectivity index (χ1n) is 5.14. The number of ether oxygens (including phenoxy) is 1. The number of halogens is 1. The molecule has 0 bridgehead atoms. The van der Waals surface area contributed by atoms with Crippen molar-refractivity contribution in [2.45, 2.75) is 24.0 Å². The number of primary amides is 1. The molecule has 3 atom stereocenters. The summed E-state index contributed by atoms with van der Waals surface area (Å²) in [6, 6.07) is 0. The maximum atomic E-state index is 11.1. The summed E-state index contributed by atoms with van der Waals surface area (Å²) in [5.74, 6) is -0.658. The lowest BCUT2D eigenvalue weighted by Crippen LogP contribution is -2.50. The van der Waals surface area contributed by atoms with E-state index in [-0.39, 0.29) is 29.4 Å². The average Bonchev–Trinajstić information content (AvgIpc) is 2.13. The number of amides is 1. The zero-order valence-electron chi connectivity index (χ0n) is 8.36. The Hall–Kier alpha value is -0.580. The standard InChI is InChI=1S/C10H15ClN2O2/c11-9-2-1-6(3-8(9)10(12)14)15-7-4-13-5-7/h1-2,6-9,13H,3-5H2,(H2,12,14)/t6-,8?,9+/m0/s1. The normalized spacial score (nSPS) is 36.2. The molecular weight excluding hydrogens is 216 g/mol. The third-order valence-corrected chi connectivity index (χ3v) is 3.31. The van der Waals surface area contributed by atoms with Gasteiger partial charge < -0.3 is 15.8 Å². The number of allylic oxidation sites excluding steroid dienone is 1. The van der Waals surface area contributed by atoms with Gasteiger partial charge in [0.2, 0.25) is 5.91 Å². The summed E-state index contributed by atoms with van der Waals surface area (Å²) < 4.78 is 5.74. The monoisotopic (exact) mass is 230 g/mol. The highest BCUT2D eigenvalue weighted by atomic mass is 35.5. The van der Waals surface area contributed by atoms with E-state index in [2.05, 4.69) is 5.32 Å². The van der Waals surface area contributed by atoms with Crippen LogP contribution in [-0.2, 0) is 9.53 Å². The van der Waals surface area contributed by atoms with Crippen LogP contribution in [0.4, 0.5) is 0 Å². The molecule has 1 aliphatic heterocycles. The number of hydrogen-bond acceptors (Lipinski definition) is 3. The number of hydrogen-bond donors (Lipinski definition) is 2. The molecule has 2 aliphatic rings. The predicted octanol–water partition coefficient (Wildman–Crippen LogP) is 0.0122. The lowest BCUT2D eigenvalue weighted by Gasteiger charge is -2.33. The van der Waals surface area contributed by atoms with E-state index >= 15 is 0 Å². The van der Waals surface area contributed by atoms with Crippen LogP contribution in [0.1, 0.15) is 6.42 Å². The molecule has 1 aliphatic carbocycles. The molecule has 5 heteroatoms. The second-order valence-corrected chi connectivity index (χ2v) is 4.53. The van der Waals surface area contributed by atoms with Crippen LogP contribution in [0.15, 0.2) is 12.2 Å². The van der Waals surface area contributed by atoms with Crippen molar-refractivity contribution < 1.29 is 9.53 Å². The molecule has 3 N–H and O–H groups in total. The molecule has 15 heavy (non-hydrogen) atoms. The van der Waals surface area contributed by atoms with Crippen LogP contribution in [-0.4, -0.2) is 36.6 Å². The first-order chi connectivity index (χ1) is 7.16. The number of carbonyl (C=O) groups excluding carboxylic acids is 1. The van der Waals surface area contributed by atoms with Gasteiger partial charge in [-0.25, -0.2) is 0 Å². The first-order valence-corrected chi connectivity index (χ1v) is 5.58. The van der Waals surface area contributed by atoms with Crippen molar-refractivity contribution >= 4 is 17.5 Å². The molecule has 1 heterocycles. The molecule has 0 radical (unpaired) electrons. The Morgan fingerprint density at radius 2 is 2.20 bits per heavy atom. The van der Waals surface area contributed by atoms with Gasteiger partial charge in [0.15, 0.2) is 0 Å². The van der Waals surface area contributed by atoms with Crippen molar-refractivity contribution in [3.8, 4) is 0 Å². The number of nitrogens with two attached hydrogens (primary N) is 1. The Labute approximate surface area is 93.8 Å². The molecule has 0 spiro atoms. The Morgan fingerprint density at radius 1 is 1.47 bits per heavy atom. The van der Waals surface area contributed by atoms with E-state index in [1.54, 1.807) is 6.08 Å². The Balaban J connectivity index is 1.91. The Kier molecular flexibility index (Phi) is 3.29. The predicted molar refractivity (Wildman–Crippen MR) is 57.6 cm³/mol. The summed E-state index contributed by atoms with van der Waals surface area (Å²) in [4.78, 5) is 11.1. The largest absolute Gasteiger partial charge is 0.369 e. The molecule has 0 aromatic carbocycles. The fraction of sp³-hybridized carbons (Fsp3) is 0.700. The topological polar surface area (TPSA) is 64.4 Å². The van der Waals surface area contributed by atoms with E-state index in [1.165, 1.54) is 0 Å². The Morgan fingerprint density at radius 3 is 2.73 bits per heavy atom. The highest BCUT2D eigenvalue weighted by Crippen LogP contribution is 2.26. The summed E-state index contributed by atoms with van der Waals surface area (Å²) in [7, 11) is 0. The van der Waals surface area contributed by atoms with Gasteiger partial charge >= 0.3 is 0 Å². The van der Waals surface area contributed by atoms with E-state index in [9.17, 15) is 4.79 Å². The smallest absolute Gasteiger partial charge is 0.222 e. The van der Waals surface area contributed by atoms with Gasteiger partial charge in [-0.2, -0.15) is 0 Å². The van der Waals surface area contributed by atoms with Crippen molar-refractivity contribution in [3.63, 3.8) is 0 Å². The summed E-state index contributed by atoms with van der Waals surface area (Å²) in [6.07, 6.45) is 4.56. The molecule has 1 amide bonds. The van der Waals surface area contributed by atoms with E-state index in [0.717, 1.165) is 13.1 Å². The lowest BCUT2D eigenvalue weighted by molar-refractivity contribution is -0.123. The zero-order valence-corrected chi connectivity index (χ0v) is 9.11. The summed E-state index contributed by atoms with van der Waals surface area (Å²) in [6.45, 7) is 1.77. The van der Waals surface area contributed by atoms with Crippen molar-refractivity contribution in [1.29, 1.82) is 0 Å². The molecule has 0 saturated carbocycles. The minimum Gasteiger partial charge on any atom is -0.369 e. The van der Waals surface area contributed by atoms with Gasteiger partial charge in [-0.05, 0) is 6.42 Å². The van der Waals surface area contributed by atoms with Crippen LogP contribution >= 0.6 is 11.6 Å². The van der Waals surface area contributed by atoms with Crippen molar-refractivity contribution in [1.82, 2.24) is 5.32 Å². The molecule has 84 valence electrons. The number of nitrogens with one attached hydrogen (secondary N) is 1. The molecule has 1 saturated heterocycles. The van der Waals surface area contributed by atoms with Gasteiger partial charge in [-0.3, -0.25) is 4.79 Å². The first kappa shape index (κ1) is 10.9. The second-order valence-electron chi connectivity index (χ2n) is 4.03. The maximum Gasteiger partial charge on any atom is 0.222 e. The number of carbonyl (C=O) groups is 1. The third-order valence-electron chi connectivity index (χ3n) is 2.86. The van der Waals surface area contributed by atoms with E-state index in [1.807, 2.05) is 6.08 Å². The SMILES string of the molecule is NC(=O)C1C[C@@H](OC2CNC2)C=C[C@H]1Cl. The van der Waals surface area contributed by atoms with Crippen LogP contribution in [0.3, 0.4) is 0 Å². The van der Waals surface area contributed by atoms with Gasteiger partial charge in [0.25, 0.3) is 0 Å². The second kappa shape index (κ2) is 4.51. The van der Waals surface area contributed by atoms with Gasteiger partial charge in [0.05, 0.1) is 23.5 Å². The molecule has 0 aromatic rings. The summed E-state index contributed by atoms with van der Waals surface area (Å²) in [5, 5.41) is 2.84. The fourth-order valence-electron chi connectivity index (χ4n) is 1.80. The Bertz CT molecular complexity index is 279. The fourth-order valence-corrected chi connectivity index (χ4v) is 2.11. The molecule has 1 fully saturated rings. The van der Waals surface area contributed by atoms with Crippen LogP contribution in [0, 0.1) is 5.92 Å². The summed E-state index contributed by atoms with van der Waals surface area (Å²) in [5.41, 5.74) is 5.27. The molecule has 4 nitrogen and oxygen atoms in total. The van der Waals surface area contributed by atoms with Crippen LogP contribution in [0.25, 0.3) is 0 Å². The number of rotatable bonds is 3. The molecule has 0 aromatic heterocycles. The quantitative estimate of drug-likeness (QED) is 0.531. The molecular formula is C10H15ClN2O2. The van der Waals surface area contributed by atoms with Gasteiger partial charge in [0.1, 0.15) is 0 Å². The van der Waals surface area contributed by atoms with E-state index in [0.29, 0.717) is 6.42 Å². The summed E-state index contributed by atoms with van der Waals surface area (Å²) >= 11 is 5.97. The molecule has 1 unspecified atom stereocenters. The lowest BCUT2D eigenvalue weighted by atomic mass is 9.91. The highest BCUT2D eigenvalue weighted by Gasteiger charge is 2.31. The molecule has 2 rings (SSSR count). The highest BCUT2D eigenvalue weighted by molar-refractivity contribution is 6.23. The van der Waals surface area contributed by atoms with Crippen LogP contribution in [0.2, 0.25) is 0 Å². The minimum atomic E-state index is -0.348. The van der Waals surface area contributed by atoms with Crippen molar-refractivity contribution in [2.24, 2.45) is 11.7 Å². The number of alkyl halides is 1. The average molecular weight is 231 g/mol. The van der Waals surface area contributed by atoms with Crippen LogP contribution < -0.4 is 11.1 Å². The van der Waals surface area contributed by atoms with Gasteiger partial charge in [-0.1, -0.05) is 12.2 Å². The van der Waals surface area contributed by atoms with Crippen LogP contribution in [0.5, 0.6) is 0 Å². The van der Waals surface area contributed by atoms with E-state index < -0.39 is 0 Å². The van der Waals surface area contributed by atoms with Crippen molar-refractivity contribution in [3.05, 3.63) is 12.2 Å². The zero-order chi connectivity index (χ0) is 10.8. The van der Waals surface area contributed by atoms with E-state index in [4.69, 9.17) is 22.1 Å². The third kappa shape index (κ3) is 2.51.